The van der Waals surface area contributed by atoms with Crippen molar-refractivity contribution in [2.24, 2.45) is 21.4 Å². The first-order valence-corrected chi connectivity index (χ1v) is 25.9. The molecule has 1 heterocycles. The average molecular weight is 1010 g/mol. The quantitative estimate of drug-likeness (QED) is 0.0335. The minimum atomic E-state index is -0.536. The summed E-state index contributed by atoms with van der Waals surface area (Å²) in [5, 5.41) is 16.0. The van der Waals surface area contributed by atoms with Gasteiger partial charge in [0, 0.05) is 90.8 Å². The lowest BCUT2D eigenvalue weighted by Crippen LogP contribution is -2.11. The second-order valence-electron chi connectivity index (χ2n) is 17.8. The molecule has 0 fully saturated rings. The molecule has 8 aromatic rings. The summed E-state index contributed by atoms with van der Waals surface area (Å²) in [6.45, 7) is 12.8. The van der Waals surface area contributed by atoms with E-state index in [1.54, 1.807) is 37.4 Å². The van der Waals surface area contributed by atoms with E-state index in [9.17, 15) is 19.2 Å². The number of hydrogen-bond donors (Lipinski definition) is 0. The Morgan fingerprint density at radius 3 is 1.47 bits per heavy atom. The first-order valence-electron chi connectivity index (χ1n) is 24.3. The molecule has 13 heteroatoms. The van der Waals surface area contributed by atoms with E-state index in [1.807, 2.05) is 121 Å². The monoisotopic (exact) mass is 1010 g/mol. The van der Waals surface area contributed by atoms with Gasteiger partial charge in [0.1, 0.15) is 5.71 Å². The minimum Gasteiger partial charge on any atom is -0.340 e. The largest absolute Gasteiger partial charge is 0.340 e. The van der Waals surface area contributed by atoms with Gasteiger partial charge in [-0.05, 0) is 122 Å². The maximum absolute atomic E-state index is 14.8. The van der Waals surface area contributed by atoms with Crippen LogP contribution in [-0.4, -0.2) is 45.4 Å². The number of oxime groups is 3. The Hall–Kier alpha value is -7.61. The lowest BCUT2D eigenvalue weighted by atomic mass is 9.94. The molecule has 0 saturated heterocycles. The zero-order chi connectivity index (χ0) is 51.6. The molecule has 0 N–H and O–H groups in total. The van der Waals surface area contributed by atoms with Crippen LogP contribution in [0.15, 0.2) is 181 Å². The number of carbonyl (C=O) groups is 4. The summed E-state index contributed by atoms with van der Waals surface area (Å²) in [6.07, 6.45) is 4.41. The van der Waals surface area contributed by atoms with Crippen molar-refractivity contribution in [2.45, 2.75) is 100 Å². The second kappa shape index (κ2) is 23.7. The van der Waals surface area contributed by atoms with Crippen LogP contribution in [0, 0.1) is 5.92 Å². The van der Waals surface area contributed by atoms with Crippen LogP contribution in [0.3, 0.4) is 0 Å². The average Bonchev–Trinajstić information content (AvgIpc) is 3.71. The third-order valence-corrected chi connectivity index (χ3v) is 14.5. The molecule has 0 amide bonds. The van der Waals surface area contributed by atoms with Crippen LogP contribution in [0.4, 0.5) is 0 Å². The Balaban J connectivity index is 1.16. The van der Waals surface area contributed by atoms with E-state index in [4.69, 9.17) is 14.5 Å². The maximum atomic E-state index is 14.8. The van der Waals surface area contributed by atoms with Gasteiger partial charge in [-0.15, -0.1) is 0 Å². The molecule has 0 saturated carbocycles. The number of aromatic nitrogens is 1. The fraction of sp³-hybridized carbons (Fsp3) is 0.217. The van der Waals surface area contributed by atoms with Crippen molar-refractivity contribution in [1.82, 2.24) is 4.57 Å². The summed E-state index contributed by atoms with van der Waals surface area (Å²) >= 11 is 3.17. The highest BCUT2D eigenvalue weighted by Gasteiger charge is 2.23. The van der Waals surface area contributed by atoms with Gasteiger partial charge in [-0.3, -0.25) is 4.79 Å². The van der Waals surface area contributed by atoms with E-state index < -0.39 is 17.9 Å². The molecule has 1 atom stereocenters. The van der Waals surface area contributed by atoms with Gasteiger partial charge in [0.15, 0.2) is 5.78 Å². The topological polar surface area (TPSA) is 138 Å². The van der Waals surface area contributed by atoms with Gasteiger partial charge in [0.05, 0.1) is 16.9 Å². The van der Waals surface area contributed by atoms with Crippen LogP contribution in [0.1, 0.15) is 112 Å². The first kappa shape index (κ1) is 51.7. The standard InChI is InChI=1S/C60H56N4O7S2/c1-8-10-13-42(9-2)36-64-57-33-24-47(58(63-71-41(7)67)45-20-29-50(30-21-45)72-48-25-16-43(17-26-48)37(3)61-69-39(5)65)34-54(57)55-35-56(52-14-11-12-15-53(52)59(55)64)60(68)46-22-31-51(32-23-46)73-49-27-18-44(19-28-49)38(4)62-70-40(6)66/h11-12,14-35,42H,8-10,13,36H2,1-7H3/b61-37+,62-38+,63-58+. The molecule has 8 rings (SSSR count). The molecular formula is C60H56N4O7S2. The van der Waals surface area contributed by atoms with Crippen LogP contribution in [0.25, 0.3) is 32.6 Å². The van der Waals surface area contributed by atoms with Crippen molar-refractivity contribution >= 4 is 96.9 Å². The van der Waals surface area contributed by atoms with Gasteiger partial charge in [0.2, 0.25) is 0 Å². The molecule has 0 bridgehead atoms. The highest BCUT2D eigenvalue weighted by molar-refractivity contribution is 7.99. The van der Waals surface area contributed by atoms with Gasteiger partial charge in [-0.25, -0.2) is 14.4 Å². The fourth-order valence-corrected chi connectivity index (χ4v) is 10.4. The maximum Gasteiger partial charge on any atom is 0.332 e. The van der Waals surface area contributed by atoms with E-state index >= 15 is 0 Å². The Bertz CT molecular complexity index is 3430. The van der Waals surface area contributed by atoms with E-state index in [0.29, 0.717) is 34.2 Å². The molecule has 0 spiro atoms. The summed E-state index contributed by atoms with van der Waals surface area (Å²) in [7, 11) is 0. The molecule has 0 radical (unpaired) electrons. The van der Waals surface area contributed by atoms with Gasteiger partial charge in [-0.1, -0.05) is 139 Å². The fourth-order valence-electron chi connectivity index (χ4n) is 8.73. The number of hydrogen-bond acceptors (Lipinski definition) is 12. The number of ketones is 1. The molecule has 73 heavy (non-hydrogen) atoms. The summed E-state index contributed by atoms with van der Waals surface area (Å²) in [4.78, 5) is 68.5. The number of nitrogens with zero attached hydrogens (tertiary/aromatic N) is 4. The third-order valence-electron chi connectivity index (χ3n) is 12.5. The predicted octanol–water partition coefficient (Wildman–Crippen LogP) is 14.6. The van der Waals surface area contributed by atoms with Crippen LogP contribution >= 0.6 is 23.5 Å². The molecule has 0 aliphatic carbocycles. The van der Waals surface area contributed by atoms with E-state index in [0.717, 1.165) is 107 Å². The molecule has 11 nitrogen and oxygen atoms in total. The SMILES string of the molecule is CCCCC(CC)Cn1c2ccc(/C(=N/OC(C)=O)c3ccc(Sc4ccc(/C(C)=N/OC(C)=O)cc4)cc3)cc2c2cc(C(=O)c3ccc(Sc4ccc(/C(C)=N/OC(C)=O)cc4)cc3)c3ccccc3c21. The third kappa shape index (κ3) is 12.5. The zero-order valence-electron chi connectivity index (χ0n) is 41.9. The molecule has 370 valence electrons. The first-order chi connectivity index (χ1) is 35.3. The Labute approximate surface area is 433 Å². The van der Waals surface area contributed by atoms with Crippen molar-refractivity contribution in [3.05, 3.63) is 179 Å². The highest BCUT2D eigenvalue weighted by Crippen LogP contribution is 2.39. The summed E-state index contributed by atoms with van der Waals surface area (Å²) < 4.78 is 2.44. The second-order valence-corrected chi connectivity index (χ2v) is 20.1. The highest BCUT2D eigenvalue weighted by atomic mass is 32.2. The summed E-state index contributed by atoms with van der Waals surface area (Å²) in [5.74, 6) is -1.12. The lowest BCUT2D eigenvalue weighted by Gasteiger charge is -2.18. The van der Waals surface area contributed by atoms with Crippen molar-refractivity contribution in [1.29, 1.82) is 0 Å². The van der Waals surface area contributed by atoms with Crippen LogP contribution < -0.4 is 0 Å². The van der Waals surface area contributed by atoms with E-state index in [2.05, 4.69) is 58.1 Å². The molecule has 1 unspecified atom stereocenters. The molecule has 7 aromatic carbocycles. The van der Waals surface area contributed by atoms with Gasteiger partial charge in [0.25, 0.3) is 0 Å². The van der Waals surface area contributed by atoms with Crippen molar-refractivity contribution in [3.8, 4) is 0 Å². The van der Waals surface area contributed by atoms with E-state index in [1.165, 1.54) is 20.8 Å². The Kier molecular flexibility index (Phi) is 16.8. The summed E-state index contributed by atoms with van der Waals surface area (Å²) in [6, 6.07) is 47.9. The van der Waals surface area contributed by atoms with E-state index in [-0.39, 0.29) is 5.78 Å². The number of carbonyl (C=O) groups excluding carboxylic acids is 4. The Morgan fingerprint density at radius 1 is 0.507 bits per heavy atom. The van der Waals surface area contributed by atoms with Gasteiger partial charge < -0.3 is 19.1 Å². The van der Waals surface area contributed by atoms with Crippen LogP contribution in [-0.2, 0) is 35.4 Å². The number of unbranched alkanes of at least 4 members (excludes halogenated alkanes) is 1. The van der Waals surface area contributed by atoms with Crippen molar-refractivity contribution in [3.63, 3.8) is 0 Å². The number of rotatable bonds is 19. The van der Waals surface area contributed by atoms with Crippen molar-refractivity contribution in [2.75, 3.05) is 0 Å². The molecule has 1 aromatic heterocycles. The molecule has 0 aliphatic heterocycles. The number of fused-ring (bicyclic) bond motifs is 5. The van der Waals surface area contributed by atoms with Crippen molar-refractivity contribution < 1.29 is 33.7 Å². The van der Waals surface area contributed by atoms with Crippen LogP contribution in [0.2, 0.25) is 0 Å². The summed E-state index contributed by atoms with van der Waals surface area (Å²) in [5.41, 5.74) is 8.17. The minimum absolute atomic E-state index is 0.0813. The number of benzene rings is 7. The van der Waals surface area contributed by atoms with Crippen LogP contribution in [0.5, 0.6) is 0 Å². The normalized spacial score (nSPS) is 12.6. The molecule has 0 aliphatic rings. The lowest BCUT2D eigenvalue weighted by molar-refractivity contribution is -0.141. The smallest absolute Gasteiger partial charge is 0.332 e. The zero-order valence-corrected chi connectivity index (χ0v) is 43.6. The molecular weight excluding hydrogens is 953 g/mol. The van der Waals surface area contributed by atoms with Gasteiger partial charge in [-0.2, -0.15) is 0 Å². The van der Waals surface area contributed by atoms with Gasteiger partial charge >= 0.3 is 17.9 Å². The Morgan fingerprint density at radius 2 is 0.973 bits per heavy atom. The predicted molar refractivity (Wildman–Crippen MR) is 293 cm³/mol.